The Bertz CT molecular complexity index is 148. The van der Waals surface area contributed by atoms with Crippen molar-refractivity contribution in [3.05, 3.63) is 0 Å². The molecular weight excluding hydrogens is 177 g/mol. The first-order chi connectivity index (χ1) is 5.45. The summed E-state index contributed by atoms with van der Waals surface area (Å²) >= 11 is 0. The second-order valence-corrected chi connectivity index (χ2v) is 1.95. The molecule has 0 heterocycles. The maximum Gasteiger partial charge on any atom is 0.401 e. The lowest BCUT2D eigenvalue weighted by Gasteiger charge is -2.07. The highest BCUT2D eigenvalue weighted by Crippen LogP contribution is 2.11. The first-order valence-electron chi connectivity index (χ1n) is 3.05. The van der Waals surface area contributed by atoms with Crippen molar-refractivity contribution in [2.75, 3.05) is 20.2 Å². The van der Waals surface area contributed by atoms with Crippen LogP contribution in [0.4, 0.5) is 13.2 Å². The third kappa shape index (κ3) is 7.29. The van der Waals surface area contributed by atoms with Gasteiger partial charge in [0, 0.05) is 0 Å². The molecule has 0 rings (SSSR count). The molecule has 0 bridgehead atoms. The van der Waals surface area contributed by atoms with Gasteiger partial charge in [0.15, 0.2) is 0 Å². The number of halogens is 3. The highest BCUT2D eigenvalue weighted by molar-refractivity contribution is 5.76. The quantitative estimate of drug-likeness (QED) is 0.598. The van der Waals surface area contributed by atoms with Crippen molar-refractivity contribution in [1.29, 1.82) is 0 Å². The van der Waals surface area contributed by atoms with Gasteiger partial charge in [-0.15, -0.1) is 0 Å². The molecule has 0 fully saturated rings. The van der Waals surface area contributed by atoms with Crippen molar-refractivity contribution in [3.63, 3.8) is 0 Å². The third-order valence-electron chi connectivity index (χ3n) is 0.827. The zero-order valence-corrected chi connectivity index (χ0v) is 6.36. The molecule has 0 aromatic carbocycles. The number of hydroxylamine groups is 1. The van der Waals surface area contributed by atoms with Crippen molar-refractivity contribution >= 4 is 5.91 Å². The molecular formula is C5H9F3N2O2. The normalized spacial score (nSPS) is 11.3. The van der Waals surface area contributed by atoms with Crippen LogP contribution in [0.25, 0.3) is 0 Å². The van der Waals surface area contributed by atoms with Gasteiger partial charge in [0.05, 0.1) is 20.2 Å². The predicted molar refractivity (Wildman–Crippen MR) is 34.1 cm³/mol. The number of hydrogen-bond donors (Lipinski definition) is 2. The summed E-state index contributed by atoms with van der Waals surface area (Å²) in [5.74, 6) is -0.651. The number of carbonyl (C=O) groups excluding carboxylic acids is 1. The molecule has 0 aliphatic carbocycles. The molecule has 0 spiro atoms. The van der Waals surface area contributed by atoms with Gasteiger partial charge in [0.2, 0.25) is 0 Å². The lowest BCUT2D eigenvalue weighted by molar-refractivity contribution is -0.134. The Morgan fingerprint density at radius 2 is 2.08 bits per heavy atom. The summed E-state index contributed by atoms with van der Waals surface area (Å²) in [6.45, 7) is -1.61. The molecule has 0 unspecified atom stereocenters. The van der Waals surface area contributed by atoms with Crippen molar-refractivity contribution in [2.24, 2.45) is 0 Å². The molecule has 0 aromatic heterocycles. The van der Waals surface area contributed by atoms with Gasteiger partial charge < -0.3 is 5.32 Å². The van der Waals surface area contributed by atoms with Crippen molar-refractivity contribution in [3.8, 4) is 0 Å². The number of nitrogens with one attached hydrogen (secondary N) is 2. The fraction of sp³-hybridized carbons (Fsp3) is 0.800. The van der Waals surface area contributed by atoms with E-state index in [0.717, 1.165) is 0 Å². The number of carbonyl (C=O) groups is 1. The van der Waals surface area contributed by atoms with E-state index in [4.69, 9.17) is 0 Å². The van der Waals surface area contributed by atoms with Gasteiger partial charge in [-0.05, 0) is 0 Å². The monoisotopic (exact) mass is 186 g/mol. The van der Waals surface area contributed by atoms with E-state index in [9.17, 15) is 18.0 Å². The zero-order valence-electron chi connectivity index (χ0n) is 6.36. The second-order valence-electron chi connectivity index (χ2n) is 1.95. The Kier molecular flexibility index (Phi) is 4.60. The van der Waals surface area contributed by atoms with Crippen LogP contribution in [0, 0.1) is 0 Å². The largest absolute Gasteiger partial charge is 0.401 e. The minimum Gasteiger partial charge on any atom is -0.300 e. The molecule has 0 saturated carbocycles. The summed E-state index contributed by atoms with van der Waals surface area (Å²) in [6, 6.07) is 0. The standard InChI is InChI=1S/C5H9F3N2O2/c1-12-10-4(11)2-9-3-5(6,7)8/h9H,2-3H2,1H3,(H,10,11). The maximum atomic E-state index is 11.5. The zero-order chi connectivity index (χ0) is 9.61. The minimum absolute atomic E-state index is 0.423. The van der Waals surface area contributed by atoms with E-state index in [-0.39, 0.29) is 0 Å². The van der Waals surface area contributed by atoms with Crippen LogP contribution < -0.4 is 10.8 Å². The van der Waals surface area contributed by atoms with E-state index in [1.165, 1.54) is 7.11 Å². The van der Waals surface area contributed by atoms with E-state index in [1.54, 1.807) is 0 Å². The smallest absolute Gasteiger partial charge is 0.300 e. The molecule has 4 nitrogen and oxygen atoms in total. The van der Waals surface area contributed by atoms with Crippen LogP contribution in [0.1, 0.15) is 0 Å². The average Bonchev–Trinajstić information content (AvgIpc) is 1.84. The molecule has 0 aromatic rings. The third-order valence-corrected chi connectivity index (χ3v) is 0.827. The van der Waals surface area contributed by atoms with E-state index in [2.05, 4.69) is 4.84 Å². The lowest BCUT2D eigenvalue weighted by Crippen LogP contribution is -2.37. The second kappa shape index (κ2) is 4.94. The Balaban J connectivity index is 3.37. The predicted octanol–water partition coefficient (Wildman–Crippen LogP) is -0.184. The molecule has 1 amide bonds. The van der Waals surface area contributed by atoms with Gasteiger partial charge in [-0.25, -0.2) is 5.48 Å². The summed E-state index contributed by atoms with van der Waals surface area (Å²) in [5.41, 5.74) is 1.86. The summed E-state index contributed by atoms with van der Waals surface area (Å²) in [5, 5.41) is 1.89. The number of rotatable bonds is 4. The van der Waals surface area contributed by atoms with Gasteiger partial charge >= 0.3 is 6.18 Å². The van der Waals surface area contributed by atoms with E-state index < -0.39 is 25.2 Å². The first-order valence-corrected chi connectivity index (χ1v) is 3.05. The van der Waals surface area contributed by atoms with Crippen LogP contribution in [0.2, 0.25) is 0 Å². The van der Waals surface area contributed by atoms with E-state index >= 15 is 0 Å². The number of alkyl halides is 3. The molecule has 12 heavy (non-hydrogen) atoms. The van der Waals surface area contributed by atoms with Gasteiger partial charge in [0.25, 0.3) is 5.91 Å². The Labute approximate surface area is 67.0 Å². The Morgan fingerprint density at radius 3 is 2.50 bits per heavy atom. The van der Waals surface area contributed by atoms with E-state index in [1.807, 2.05) is 10.8 Å². The summed E-state index contributed by atoms with van der Waals surface area (Å²) in [6.07, 6.45) is -4.30. The summed E-state index contributed by atoms with van der Waals surface area (Å²) in [4.78, 5) is 14.6. The highest BCUT2D eigenvalue weighted by Gasteiger charge is 2.26. The van der Waals surface area contributed by atoms with Gasteiger partial charge in [0.1, 0.15) is 0 Å². The van der Waals surface area contributed by atoms with Crippen LogP contribution in [-0.2, 0) is 9.63 Å². The topological polar surface area (TPSA) is 50.4 Å². The summed E-state index contributed by atoms with van der Waals surface area (Å²) < 4.78 is 34.4. The van der Waals surface area contributed by atoms with Crippen LogP contribution in [0.5, 0.6) is 0 Å². The fourth-order valence-electron chi connectivity index (χ4n) is 0.468. The Morgan fingerprint density at radius 1 is 1.50 bits per heavy atom. The van der Waals surface area contributed by atoms with Crippen molar-refractivity contribution in [1.82, 2.24) is 10.8 Å². The SMILES string of the molecule is CONC(=O)CNCC(F)(F)F. The molecule has 0 aliphatic rings. The van der Waals surface area contributed by atoms with Crippen molar-refractivity contribution < 1.29 is 22.8 Å². The van der Waals surface area contributed by atoms with Crippen LogP contribution in [0.3, 0.4) is 0 Å². The highest BCUT2D eigenvalue weighted by atomic mass is 19.4. The van der Waals surface area contributed by atoms with Crippen LogP contribution in [0.15, 0.2) is 0 Å². The maximum absolute atomic E-state index is 11.5. The fourth-order valence-corrected chi connectivity index (χ4v) is 0.468. The van der Waals surface area contributed by atoms with Crippen LogP contribution in [-0.4, -0.2) is 32.3 Å². The minimum atomic E-state index is -4.30. The molecule has 7 heteroatoms. The molecule has 0 radical (unpaired) electrons. The average molecular weight is 186 g/mol. The molecule has 72 valence electrons. The van der Waals surface area contributed by atoms with Gasteiger partial charge in [-0.2, -0.15) is 13.2 Å². The molecule has 0 atom stereocenters. The van der Waals surface area contributed by atoms with Crippen LogP contribution >= 0.6 is 0 Å². The number of hydrogen-bond acceptors (Lipinski definition) is 3. The van der Waals surface area contributed by atoms with Gasteiger partial charge in [-0.3, -0.25) is 9.63 Å². The molecule has 0 saturated heterocycles. The first kappa shape index (κ1) is 11.2. The van der Waals surface area contributed by atoms with Gasteiger partial charge in [-0.1, -0.05) is 0 Å². The Hall–Kier alpha value is -0.820. The molecule has 2 N–H and O–H groups in total. The molecule has 0 aliphatic heterocycles. The number of amides is 1. The summed E-state index contributed by atoms with van der Waals surface area (Å²) in [7, 11) is 1.20. The van der Waals surface area contributed by atoms with E-state index in [0.29, 0.717) is 0 Å². The van der Waals surface area contributed by atoms with Crippen molar-refractivity contribution in [2.45, 2.75) is 6.18 Å². The lowest BCUT2D eigenvalue weighted by atomic mass is 10.5.